The lowest BCUT2D eigenvalue weighted by Gasteiger charge is -2.23. The van der Waals surface area contributed by atoms with Gasteiger partial charge in [-0.25, -0.2) is 0 Å². The molecule has 0 saturated carbocycles. The van der Waals surface area contributed by atoms with Crippen molar-refractivity contribution in [2.45, 2.75) is 174 Å². The molecule has 240 valence electrons. The van der Waals surface area contributed by atoms with Gasteiger partial charge in [-0.05, 0) is 12.8 Å². The Kier molecular flexibility index (Phi) is 34.0. The summed E-state index contributed by atoms with van der Waals surface area (Å²) < 4.78 is 10.8. The van der Waals surface area contributed by atoms with Crippen LogP contribution in [0.1, 0.15) is 174 Å². The van der Waals surface area contributed by atoms with Crippen LogP contribution in [-0.2, 0) is 14.3 Å². The Balaban J connectivity index is 4.01. The summed E-state index contributed by atoms with van der Waals surface area (Å²) in [7, 11) is 0. The van der Waals surface area contributed by atoms with Crippen molar-refractivity contribution in [3.8, 4) is 0 Å². The number of amides is 1. The predicted octanol–water partition coefficient (Wildman–Crippen LogP) is 9.63. The second-order valence-corrected chi connectivity index (χ2v) is 11.9. The molecule has 0 aromatic rings. The lowest BCUT2D eigenvalue weighted by atomic mass is 10.0. The molecular weight excluding hydrogens is 498 g/mol. The summed E-state index contributed by atoms with van der Waals surface area (Å²) in [5, 5.41) is 8.76. The van der Waals surface area contributed by atoms with E-state index in [1.165, 1.54) is 141 Å². The van der Waals surface area contributed by atoms with Crippen molar-refractivity contribution >= 4 is 5.91 Å². The van der Waals surface area contributed by atoms with E-state index in [9.17, 15) is 4.79 Å². The number of aliphatic hydroxyl groups is 1. The number of unbranched alkanes of at least 4 members (excludes halogenated alkanes) is 22. The first-order valence-corrected chi connectivity index (χ1v) is 17.8. The van der Waals surface area contributed by atoms with Crippen molar-refractivity contribution in [1.29, 1.82) is 0 Å². The first kappa shape index (κ1) is 39.4. The zero-order valence-corrected chi connectivity index (χ0v) is 27.2. The summed E-state index contributed by atoms with van der Waals surface area (Å²) in [6.45, 7) is 8.13. The lowest BCUT2D eigenvalue weighted by Crippen LogP contribution is -2.33. The Bertz CT molecular complexity index is 460. The highest BCUT2D eigenvalue weighted by molar-refractivity contribution is 5.76. The van der Waals surface area contributed by atoms with Crippen molar-refractivity contribution in [3.63, 3.8) is 0 Å². The Morgan fingerprint density at radius 1 is 0.475 bits per heavy atom. The minimum atomic E-state index is 0.0334. The quantitative estimate of drug-likeness (QED) is 0.0784. The molecule has 0 spiro atoms. The van der Waals surface area contributed by atoms with Crippen LogP contribution in [0.2, 0.25) is 0 Å². The van der Waals surface area contributed by atoms with Gasteiger partial charge in [-0.3, -0.25) is 4.79 Å². The summed E-state index contributed by atoms with van der Waals surface area (Å²) in [5.41, 5.74) is 0. The Morgan fingerprint density at radius 2 is 0.800 bits per heavy atom. The van der Waals surface area contributed by atoms with E-state index in [1.54, 1.807) is 0 Å². The standard InChI is InChI=1S/C35H71NO4/c1-3-5-7-9-11-13-15-17-19-21-23-25-28-36(35(38)27-31-39-33-34-40-32-30-37)29-26-24-22-20-18-16-14-12-10-8-6-4-2/h37H,3-34H2,1-2H3. The molecule has 0 aliphatic carbocycles. The van der Waals surface area contributed by atoms with Crippen LogP contribution in [0, 0.1) is 0 Å². The fourth-order valence-electron chi connectivity index (χ4n) is 5.35. The number of carbonyl (C=O) groups excluding carboxylic acids is 1. The van der Waals surface area contributed by atoms with Gasteiger partial charge in [-0.1, -0.05) is 155 Å². The molecule has 0 atom stereocenters. The van der Waals surface area contributed by atoms with Gasteiger partial charge in [0, 0.05) is 13.1 Å². The molecule has 0 bridgehead atoms. The molecule has 0 rings (SSSR count). The van der Waals surface area contributed by atoms with E-state index in [1.807, 2.05) is 0 Å². The lowest BCUT2D eigenvalue weighted by molar-refractivity contribution is -0.132. The van der Waals surface area contributed by atoms with Gasteiger partial charge < -0.3 is 19.5 Å². The zero-order chi connectivity index (χ0) is 29.2. The van der Waals surface area contributed by atoms with Crippen molar-refractivity contribution in [2.24, 2.45) is 0 Å². The van der Waals surface area contributed by atoms with Crippen LogP contribution in [0.15, 0.2) is 0 Å². The monoisotopic (exact) mass is 570 g/mol. The molecular formula is C35H71NO4. The zero-order valence-electron chi connectivity index (χ0n) is 27.2. The molecule has 1 N–H and O–H groups in total. The highest BCUT2D eigenvalue weighted by atomic mass is 16.5. The van der Waals surface area contributed by atoms with Crippen LogP contribution in [0.4, 0.5) is 0 Å². The first-order valence-electron chi connectivity index (χ1n) is 17.8. The topological polar surface area (TPSA) is 59.0 Å². The molecule has 5 nitrogen and oxygen atoms in total. The predicted molar refractivity (Wildman–Crippen MR) is 172 cm³/mol. The van der Waals surface area contributed by atoms with Gasteiger partial charge in [0.2, 0.25) is 5.91 Å². The molecule has 0 aliphatic rings. The minimum Gasteiger partial charge on any atom is -0.394 e. The van der Waals surface area contributed by atoms with E-state index in [0.29, 0.717) is 32.8 Å². The average molecular weight is 570 g/mol. The Morgan fingerprint density at radius 3 is 1.15 bits per heavy atom. The smallest absolute Gasteiger partial charge is 0.224 e. The average Bonchev–Trinajstić information content (AvgIpc) is 2.96. The highest BCUT2D eigenvalue weighted by Gasteiger charge is 2.13. The van der Waals surface area contributed by atoms with Crippen LogP contribution < -0.4 is 0 Å². The molecule has 5 heteroatoms. The summed E-state index contributed by atoms with van der Waals surface area (Å²) >= 11 is 0. The van der Waals surface area contributed by atoms with Gasteiger partial charge in [0.1, 0.15) is 0 Å². The van der Waals surface area contributed by atoms with Gasteiger partial charge in [0.25, 0.3) is 0 Å². The molecule has 0 fully saturated rings. The molecule has 0 unspecified atom stereocenters. The van der Waals surface area contributed by atoms with Crippen molar-refractivity contribution in [2.75, 3.05) is 46.1 Å². The molecule has 0 aromatic heterocycles. The Hall–Kier alpha value is -0.650. The number of hydrogen-bond acceptors (Lipinski definition) is 4. The minimum absolute atomic E-state index is 0.0334. The molecule has 0 heterocycles. The van der Waals surface area contributed by atoms with Gasteiger partial charge in [-0.2, -0.15) is 0 Å². The third kappa shape index (κ3) is 30.3. The second-order valence-electron chi connectivity index (χ2n) is 11.9. The molecule has 40 heavy (non-hydrogen) atoms. The third-order valence-electron chi connectivity index (χ3n) is 7.98. The van der Waals surface area contributed by atoms with Gasteiger partial charge in [0.15, 0.2) is 0 Å². The van der Waals surface area contributed by atoms with E-state index >= 15 is 0 Å². The summed E-state index contributed by atoms with van der Waals surface area (Å²) in [6.07, 6.45) is 32.7. The number of nitrogens with zero attached hydrogens (tertiary/aromatic N) is 1. The molecule has 0 aromatic carbocycles. The fourth-order valence-corrected chi connectivity index (χ4v) is 5.35. The maximum absolute atomic E-state index is 12.9. The maximum Gasteiger partial charge on any atom is 0.224 e. The molecule has 0 saturated heterocycles. The number of carbonyl (C=O) groups is 1. The molecule has 0 aliphatic heterocycles. The number of ether oxygens (including phenoxy) is 2. The number of hydrogen-bond donors (Lipinski definition) is 1. The SMILES string of the molecule is CCCCCCCCCCCCCCN(CCCCCCCCCCCCCC)C(=O)CCOCCOCCO. The van der Waals surface area contributed by atoms with Crippen molar-refractivity contribution < 1.29 is 19.4 Å². The van der Waals surface area contributed by atoms with E-state index in [-0.39, 0.29) is 12.5 Å². The largest absolute Gasteiger partial charge is 0.394 e. The van der Waals surface area contributed by atoms with Crippen LogP contribution in [-0.4, -0.2) is 62.0 Å². The summed E-state index contributed by atoms with van der Waals surface area (Å²) in [6, 6.07) is 0. The van der Waals surface area contributed by atoms with Gasteiger partial charge in [0.05, 0.1) is 39.5 Å². The fraction of sp³-hybridized carbons (Fsp3) is 0.971. The van der Waals surface area contributed by atoms with Crippen molar-refractivity contribution in [3.05, 3.63) is 0 Å². The molecule has 1 amide bonds. The van der Waals surface area contributed by atoms with E-state index in [0.717, 1.165) is 25.9 Å². The summed E-state index contributed by atoms with van der Waals surface area (Å²) in [5.74, 6) is 0.238. The van der Waals surface area contributed by atoms with Gasteiger partial charge >= 0.3 is 0 Å². The normalized spacial score (nSPS) is 11.4. The van der Waals surface area contributed by atoms with E-state index in [4.69, 9.17) is 14.6 Å². The van der Waals surface area contributed by atoms with Crippen LogP contribution in [0.5, 0.6) is 0 Å². The van der Waals surface area contributed by atoms with Crippen LogP contribution in [0.3, 0.4) is 0 Å². The number of aliphatic hydroxyl groups excluding tert-OH is 1. The molecule has 0 radical (unpaired) electrons. The van der Waals surface area contributed by atoms with E-state index in [2.05, 4.69) is 18.7 Å². The third-order valence-corrected chi connectivity index (χ3v) is 7.98. The maximum atomic E-state index is 12.9. The Labute approximate surface area is 250 Å². The van der Waals surface area contributed by atoms with Crippen molar-refractivity contribution in [1.82, 2.24) is 4.90 Å². The second kappa shape index (κ2) is 34.6. The first-order chi connectivity index (χ1) is 19.8. The highest BCUT2D eigenvalue weighted by Crippen LogP contribution is 2.14. The van der Waals surface area contributed by atoms with Crippen LogP contribution in [0.25, 0.3) is 0 Å². The summed E-state index contributed by atoms with van der Waals surface area (Å²) in [4.78, 5) is 15.0. The van der Waals surface area contributed by atoms with Gasteiger partial charge in [-0.15, -0.1) is 0 Å². The number of rotatable bonds is 34. The van der Waals surface area contributed by atoms with E-state index < -0.39 is 0 Å². The van der Waals surface area contributed by atoms with Crippen LogP contribution >= 0.6 is 0 Å².